The van der Waals surface area contributed by atoms with Crippen molar-refractivity contribution < 1.29 is 27.5 Å². The third-order valence-corrected chi connectivity index (χ3v) is 5.84. The molecule has 0 atom stereocenters. The molecule has 0 saturated heterocycles. The summed E-state index contributed by atoms with van der Waals surface area (Å²) in [4.78, 5) is 31.8. The first kappa shape index (κ1) is 24.5. The van der Waals surface area contributed by atoms with E-state index in [0.29, 0.717) is 5.69 Å². The molecule has 3 aromatic rings. The summed E-state index contributed by atoms with van der Waals surface area (Å²) in [5, 5.41) is 5.25. The summed E-state index contributed by atoms with van der Waals surface area (Å²) in [5.41, 5.74) is 0.863. The van der Waals surface area contributed by atoms with Crippen molar-refractivity contribution >= 4 is 50.7 Å². The number of methoxy groups -OCH3 is 2. The van der Waals surface area contributed by atoms with Crippen LogP contribution in [0.4, 0.5) is 11.5 Å². The number of anilines is 2. The number of benzene rings is 2. The van der Waals surface area contributed by atoms with Crippen molar-refractivity contribution in [3.8, 4) is 5.88 Å². The van der Waals surface area contributed by atoms with E-state index in [9.17, 15) is 18.0 Å². The van der Waals surface area contributed by atoms with E-state index in [1.54, 1.807) is 6.07 Å². The number of nitrogens with zero attached hydrogens (tertiary/aromatic N) is 2. The van der Waals surface area contributed by atoms with Gasteiger partial charge in [0.2, 0.25) is 5.82 Å². The van der Waals surface area contributed by atoms with E-state index in [1.807, 2.05) is 0 Å². The minimum absolute atomic E-state index is 0.0218. The summed E-state index contributed by atoms with van der Waals surface area (Å²) in [6.07, 6.45) is 2.70. The van der Waals surface area contributed by atoms with Gasteiger partial charge in [-0.3, -0.25) is 14.8 Å². The lowest BCUT2D eigenvalue weighted by atomic mass is 10.1. The van der Waals surface area contributed by atoms with Gasteiger partial charge in [0.05, 0.1) is 24.7 Å². The van der Waals surface area contributed by atoms with E-state index in [0.717, 1.165) is 0 Å². The van der Waals surface area contributed by atoms with Crippen molar-refractivity contribution in [2.45, 2.75) is 4.90 Å². The number of hydrogen-bond acceptors (Lipinski definition) is 9. The predicted octanol–water partition coefficient (Wildman–Crippen LogP) is 2.20. The van der Waals surface area contributed by atoms with Gasteiger partial charge in [0.25, 0.3) is 21.8 Å². The van der Waals surface area contributed by atoms with Gasteiger partial charge in [0.1, 0.15) is 0 Å². The third kappa shape index (κ3) is 6.02. The molecule has 0 spiro atoms. The molecule has 0 radical (unpaired) electrons. The fraction of sp³-hybridized carbons (Fsp3) is 0.0952. The van der Waals surface area contributed by atoms with E-state index in [1.165, 1.54) is 69.1 Å². The van der Waals surface area contributed by atoms with Crippen LogP contribution in [0.1, 0.15) is 20.7 Å². The summed E-state index contributed by atoms with van der Waals surface area (Å²) in [6, 6.07) is 11.6. The molecule has 13 heteroatoms. The van der Waals surface area contributed by atoms with Crippen LogP contribution in [0.15, 0.2) is 65.8 Å². The van der Waals surface area contributed by atoms with Gasteiger partial charge in [0.15, 0.2) is 5.11 Å². The smallest absolute Gasteiger partial charge is 0.337 e. The molecule has 0 aliphatic heterocycles. The van der Waals surface area contributed by atoms with Crippen molar-refractivity contribution in [3.63, 3.8) is 0 Å². The maximum Gasteiger partial charge on any atom is 0.337 e. The largest absolute Gasteiger partial charge is 0.478 e. The van der Waals surface area contributed by atoms with Crippen LogP contribution in [0, 0.1) is 0 Å². The van der Waals surface area contributed by atoms with Gasteiger partial charge in [-0.1, -0.05) is 6.07 Å². The van der Waals surface area contributed by atoms with Crippen LogP contribution in [0.3, 0.4) is 0 Å². The van der Waals surface area contributed by atoms with Crippen LogP contribution in [0.2, 0.25) is 0 Å². The zero-order chi connectivity index (χ0) is 24.7. The van der Waals surface area contributed by atoms with Crippen LogP contribution in [0.25, 0.3) is 0 Å². The summed E-state index contributed by atoms with van der Waals surface area (Å²) >= 11 is 5.15. The Morgan fingerprint density at radius 3 is 2.32 bits per heavy atom. The Balaban J connectivity index is 1.64. The average Bonchev–Trinajstić information content (AvgIpc) is 2.84. The summed E-state index contributed by atoms with van der Waals surface area (Å²) in [6.45, 7) is 0. The molecule has 1 amide bonds. The molecule has 11 nitrogen and oxygen atoms in total. The second kappa shape index (κ2) is 10.7. The Labute approximate surface area is 200 Å². The second-order valence-electron chi connectivity index (χ2n) is 6.52. The monoisotopic (exact) mass is 501 g/mol. The standard InChI is InChI=1S/C21H19N5O6S2/c1-31-19-17(22-10-11-23-19)26-34(29,30)16-8-6-15(7-9-16)24-21(33)25-18(27)13-4-3-5-14(12-13)20(28)32-2/h3-12H,1-2H3,(H,22,26)(H2,24,25,27,33). The van der Waals surface area contributed by atoms with Gasteiger partial charge >= 0.3 is 5.97 Å². The topological polar surface area (TPSA) is 149 Å². The van der Waals surface area contributed by atoms with Crippen LogP contribution in [-0.2, 0) is 14.8 Å². The molecule has 3 N–H and O–H groups in total. The Bertz CT molecular complexity index is 1330. The van der Waals surface area contributed by atoms with Gasteiger partial charge in [0, 0.05) is 23.6 Å². The Morgan fingerprint density at radius 2 is 1.65 bits per heavy atom. The van der Waals surface area contributed by atoms with Crippen molar-refractivity contribution in [3.05, 3.63) is 72.1 Å². The first-order valence-corrected chi connectivity index (χ1v) is 11.4. The number of nitrogens with one attached hydrogen (secondary N) is 3. The van der Waals surface area contributed by atoms with Gasteiger partial charge in [-0.25, -0.2) is 23.2 Å². The Kier molecular flexibility index (Phi) is 7.71. The second-order valence-corrected chi connectivity index (χ2v) is 8.62. The highest BCUT2D eigenvalue weighted by Crippen LogP contribution is 2.22. The van der Waals surface area contributed by atoms with E-state index < -0.39 is 21.9 Å². The molecule has 176 valence electrons. The fourth-order valence-electron chi connectivity index (χ4n) is 2.69. The summed E-state index contributed by atoms with van der Waals surface area (Å²) in [7, 11) is -1.37. The number of amides is 1. The molecule has 0 saturated carbocycles. The highest BCUT2D eigenvalue weighted by molar-refractivity contribution is 7.92. The number of esters is 1. The van der Waals surface area contributed by atoms with Crippen LogP contribution in [-0.4, -0.2) is 49.6 Å². The molecule has 0 bridgehead atoms. The van der Waals surface area contributed by atoms with E-state index in [-0.39, 0.29) is 32.8 Å². The minimum Gasteiger partial charge on any atom is -0.478 e. The molecular weight excluding hydrogens is 482 g/mol. The molecule has 1 heterocycles. The van der Waals surface area contributed by atoms with E-state index in [2.05, 4.69) is 30.1 Å². The number of carbonyl (C=O) groups excluding carboxylic acids is 2. The lowest BCUT2D eigenvalue weighted by Crippen LogP contribution is -2.34. The molecule has 3 rings (SSSR count). The van der Waals surface area contributed by atoms with Gasteiger partial charge in [-0.2, -0.15) is 0 Å². The molecule has 2 aromatic carbocycles. The maximum absolute atomic E-state index is 12.6. The Hall–Kier alpha value is -4.10. The molecule has 0 aliphatic carbocycles. The lowest BCUT2D eigenvalue weighted by Gasteiger charge is -2.12. The molecule has 1 aromatic heterocycles. The van der Waals surface area contributed by atoms with Crippen LogP contribution < -0.4 is 20.1 Å². The molecule has 0 unspecified atom stereocenters. The van der Waals surface area contributed by atoms with Gasteiger partial charge in [-0.05, 0) is 54.7 Å². The SMILES string of the molecule is COC(=O)c1cccc(C(=O)NC(=S)Nc2ccc(S(=O)(=O)Nc3nccnc3OC)cc2)c1. The van der Waals surface area contributed by atoms with Crippen LogP contribution >= 0.6 is 12.2 Å². The predicted molar refractivity (Wildman–Crippen MR) is 127 cm³/mol. The number of sulfonamides is 1. The normalized spacial score (nSPS) is 10.6. The summed E-state index contributed by atoms with van der Waals surface area (Å²) < 4.78 is 37.2. The number of aromatic nitrogens is 2. The first-order chi connectivity index (χ1) is 16.2. The maximum atomic E-state index is 12.6. The van der Waals surface area contributed by atoms with Crippen molar-refractivity contribution in [1.29, 1.82) is 0 Å². The summed E-state index contributed by atoms with van der Waals surface area (Å²) in [5.74, 6) is -1.13. The van der Waals surface area contributed by atoms with Gasteiger partial charge < -0.3 is 14.8 Å². The van der Waals surface area contributed by atoms with Crippen molar-refractivity contribution in [2.24, 2.45) is 0 Å². The van der Waals surface area contributed by atoms with E-state index >= 15 is 0 Å². The zero-order valence-electron chi connectivity index (χ0n) is 17.9. The number of rotatable bonds is 7. The van der Waals surface area contributed by atoms with Crippen molar-refractivity contribution in [1.82, 2.24) is 15.3 Å². The fourth-order valence-corrected chi connectivity index (χ4v) is 3.91. The lowest BCUT2D eigenvalue weighted by molar-refractivity contribution is 0.0600. The first-order valence-electron chi connectivity index (χ1n) is 9.52. The highest BCUT2D eigenvalue weighted by Gasteiger charge is 2.18. The average molecular weight is 502 g/mol. The number of ether oxygens (including phenoxy) is 2. The van der Waals surface area contributed by atoms with Crippen molar-refractivity contribution in [2.75, 3.05) is 24.3 Å². The Morgan fingerprint density at radius 1 is 0.971 bits per heavy atom. The number of carbonyl (C=O) groups is 2. The molecular formula is C21H19N5O6S2. The zero-order valence-corrected chi connectivity index (χ0v) is 19.6. The highest BCUT2D eigenvalue weighted by atomic mass is 32.2. The third-order valence-electron chi connectivity index (χ3n) is 4.28. The van der Waals surface area contributed by atoms with Crippen LogP contribution in [0.5, 0.6) is 5.88 Å². The molecule has 34 heavy (non-hydrogen) atoms. The number of hydrogen-bond donors (Lipinski definition) is 3. The molecule has 0 aliphatic rings. The van der Waals surface area contributed by atoms with E-state index in [4.69, 9.17) is 17.0 Å². The minimum atomic E-state index is -3.96. The molecule has 0 fully saturated rings. The van der Waals surface area contributed by atoms with Gasteiger partial charge in [-0.15, -0.1) is 0 Å². The quantitative estimate of drug-likeness (QED) is 0.325. The number of thiocarbonyl (C=S) groups is 1.